The Balaban J connectivity index is 2.14. The van der Waals surface area contributed by atoms with E-state index in [1.54, 1.807) is 18.2 Å². The van der Waals surface area contributed by atoms with Crippen LogP contribution in [0.25, 0.3) is 0 Å². The molecule has 0 fully saturated rings. The monoisotopic (exact) mass is 405 g/mol. The summed E-state index contributed by atoms with van der Waals surface area (Å²) in [4.78, 5) is 12.2. The van der Waals surface area contributed by atoms with Crippen molar-refractivity contribution in [1.82, 2.24) is 0 Å². The van der Waals surface area contributed by atoms with Gasteiger partial charge in [0.25, 0.3) is 5.91 Å². The van der Waals surface area contributed by atoms with Crippen molar-refractivity contribution in [3.63, 3.8) is 0 Å². The van der Waals surface area contributed by atoms with Gasteiger partial charge in [0.05, 0.1) is 16.6 Å². The molecule has 0 aromatic heterocycles. The van der Waals surface area contributed by atoms with Crippen LogP contribution in [-0.4, -0.2) is 19.6 Å². The maximum atomic E-state index is 12.2. The predicted molar refractivity (Wildman–Crippen MR) is 86.7 cm³/mol. The zero-order valence-corrected chi connectivity index (χ0v) is 14.1. The van der Waals surface area contributed by atoms with Crippen molar-refractivity contribution in [3.8, 4) is 11.5 Å². The van der Waals surface area contributed by atoms with E-state index in [4.69, 9.17) is 16.3 Å². The van der Waals surface area contributed by atoms with Crippen molar-refractivity contribution in [2.24, 2.45) is 0 Å². The van der Waals surface area contributed by atoms with Crippen LogP contribution in [0, 0.1) is 0 Å². The molecular weight excluding hydrogens is 396 g/mol. The Bertz CT molecular complexity index is 728. The number of nitrogens with one attached hydrogen (secondary N) is 1. The van der Waals surface area contributed by atoms with Gasteiger partial charge in [-0.25, -0.2) is 0 Å². The lowest BCUT2D eigenvalue weighted by molar-refractivity contribution is -0.0497. The van der Waals surface area contributed by atoms with Gasteiger partial charge < -0.3 is 14.8 Å². The zero-order chi connectivity index (χ0) is 17.0. The smallest absolute Gasteiger partial charge is 0.387 e. The molecule has 0 saturated heterocycles. The van der Waals surface area contributed by atoms with Gasteiger partial charge in [0.2, 0.25) is 0 Å². The molecule has 0 radical (unpaired) electrons. The van der Waals surface area contributed by atoms with Crippen LogP contribution >= 0.6 is 27.5 Å². The van der Waals surface area contributed by atoms with Crippen LogP contribution in [0.5, 0.6) is 11.5 Å². The average molecular weight is 407 g/mol. The van der Waals surface area contributed by atoms with E-state index in [1.165, 1.54) is 25.3 Å². The number of amides is 1. The molecule has 0 spiro atoms. The van der Waals surface area contributed by atoms with Gasteiger partial charge in [-0.1, -0.05) is 11.6 Å². The normalized spacial score (nSPS) is 10.5. The number of anilines is 1. The lowest BCUT2D eigenvalue weighted by atomic mass is 10.2. The quantitative estimate of drug-likeness (QED) is 0.763. The van der Waals surface area contributed by atoms with Crippen molar-refractivity contribution in [3.05, 3.63) is 51.5 Å². The maximum Gasteiger partial charge on any atom is 0.387 e. The minimum absolute atomic E-state index is 0.0287. The summed E-state index contributed by atoms with van der Waals surface area (Å²) in [6.45, 7) is -2.97. The Morgan fingerprint density at radius 3 is 2.48 bits per heavy atom. The molecule has 4 nitrogen and oxygen atoms in total. The fraction of sp³-hybridized carbons (Fsp3) is 0.133. The van der Waals surface area contributed by atoms with Gasteiger partial charge in [0.1, 0.15) is 11.5 Å². The Kier molecular flexibility index (Phi) is 5.79. The highest BCUT2D eigenvalue weighted by Gasteiger charge is 2.12. The number of hydrogen-bond donors (Lipinski definition) is 1. The van der Waals surface area contributed by atoms with E-state index >= 15 is 0 Å². The van der Waals surface area contributed by atoms with E-state index in [-0.39, 0.29) is 16.7 Å². The first kappa shape index (κ1) is 17.5. The lowest BCUT2D eigenvalue weighted by Gasteiger charge is -2.10. The predicted octanol–water partition coefficient (Wildman–Crippen LogP) is 4.96. The molecule has 0 unspecified atom stereocenters. The highest BCUT2D eigenvalue weighted by atomic mass is 79.9. The van der Waals surface area contributed by atoms with E-state index in [1.807, 2.05) is 0 Å². The van der Waals surface area contributed by atoms with Crippen LogP contribution in [-0.2, 0) is 0 Å². The number of carbonyl (C=O) groups is 1. The number of methoxy groups -OCH3 is 1. The molecule has 0 atom stereocenters. The second kappa shape index (κ2) is 7.61. The number of benzene rings is 2. The van der Waals surface area contributed by atoms with E-state index in [0.717, 1.165) is 0 Å². The summed E-state index contributed by atoms with van der Waals surface area (Å²) in [6, 6.07) is 8.84. The molecule has 2 aromatic carbocycles. The number of halogens is 4. The van der Waals surface area contributed by atoms with Crippen molar-refractivity contribution in [1.29, 1.82) is 0 Å². The second-order valence-corrected chi connectivity index (χ2v) is 5.59. The largest absolute Gasteiger partial charge is 0.496 e. The maximum absolute atomic E-state index is 12.2. The lowest BCUT2D eigenvalue weighted by Crippen LogP contribution is -2.12. The van der Waals surface area contributed by atoms with E-state index in [0.29, 0.717) is 21.5 Å². The molecule has 23 heavy (non-hydrogen) atoms. The summed E-state index contributed by atoms with van der Waals surface area (Å²) in [5.41, 5.74) is 0.746. The first-order valence-electron chi connectivity index (χ1n) is 6.30. The van der Waals surface area contributed by atoms with Gasteiger partial charge in [0.15, 0.2) is 0 Å². The van der Waals surface area contributed by atoms with Crippen LogP contribution in [0.2, 0.25) is 5.02 Å². The molecule has 1 N–H and O–H groups in total. The average Bonchev–Trinajstić information content (AvgIpc) is 2.49. The van der Waals surface area contributed by atoms with E-state index < -0.39 is 6.61 Å². The Hall–Kier alpha value is -1.86. The van der Waals surface area contributed by atoms with Crippen molar-refractivity contribution < 1.29 is 23.0 Å². The fourth-order valence-electron chi connectivity index (χ4n) is 1.78. The van der Waals surface area contributed by atoms with Gasteiger partial charge in [-0.05, 0) is 52.3 Å². The minimum Gasteiger partial charge on any atom is -0.496 e. The molecule has 0 aliphatic rings. The number of carbonyl (C=O) groups excluding carboxylic acids is 1. The molecule has 2 aromatic rings. The third-order valence-electron chi connectivity index (χ3n) is 2.82. The Morgan fingerprint density at radius 2 is 1.91 bits per heavy atom. The van der Waals surface area contributed by atoms with E-state index in [2.05, 4.69) is 26.0 Å². The number of alkyl halides is 2. The summed E-state index contributed by atoms with van der Waals surface area (Å²) >= 11 is 9.13. The standard InChI is InChI=1S/C15H11BrClF2NO3/c1-22-12-4-2-8(6-10(12)16)14(21)20-9-3-5-13(11(17)7-9)23-15(18)19/h2-7,15H,1H3,(H,20,21). The minimum atomic E-state index is -2.97. The number of rotatable bonds is 5. The first-order valence-corrected chi connectivity index (χ1v) is 7.47. The first-order chi connectivity index (χ1) is 10.9. The van der Waals surface area contributed by atoms with E-state index in [9.17, 15) is 13.6 Å². The van der Waals surface area contributed by atoms with Crippen LogP contribution in [0.15, 0.2) is 40.9 Å². The number of ether oxygens (including phenoxy) is 2. The Morgan fingerprint density at radius 1 is 1.22 bits per heavy atom. The van der Waals surface area contributed by atoms with Gasteiger partial charge in [0, 0.05) is 11.3 Å². The molecule has 0 saturated carbocycles. The van der Waals surface area contributed by atoms with Gasteiger partial charge in [-0.3, -0.25) is 4.79 Å². The van der Waals surface area contributed by atoms with Gasteiger partial charge in [-0.2, -0.15) is 8.78 Å². The second-order valence-electron chi connectivity index (χ2n) is 4.33. The third-order valence-corrected chi connectivity index (χ3v) is 3.73. The van der Waals surface area contributed by atoms with Gasteiger partial charge >= 0.3 is 6.61 Å². The summed E-state index contributed by atoms with van der Waals surface area (Å²) in [6.07, 6.45) is 0. The highest BCUT2D eigenvalue weighted by molar-refractivity contribution is 9.10. The van der Waals surface area contributed by atoms with Gasteiger partial charge in [-0.15, -0.1) is 0 Å². The molecule has 0 aliphatic heterocycles. The van der Waals surface area contributed by atoms with Crippen molar-refractivity contribution in [2.45, 2.75) is 6.61 Å². The molecule has 2 rings (SSSR count). The van der Waals surface area contributed by atoms with Crippen molar-refractivity contribution in [2.75, 3.05) is 12.4 Å². The van der Waals surface area contributed by atoms with Crippen LogP contribution in [0.1, 0.15) is 10.4 Å². The highest BCUT2D eigenvalue weighted by Crippen LogP contribution is 2.30. The van der Waals surface area contributed by atoms with Crippen LogP contribution in [0.4, 0.5) is 14.5 Å². The molecule has 0 aliphatic carbocycles. The summed E-state index contributed by atoms with van der Waals surface area (Å²) in [5, 5.41) is 2.59. The van der Waals surface area contributed by atoms with Crippen molar-refractivity contribution >= 4 is 39.1 Å². The zero-order valence-electron chi connectivity index (χ0n) is 11.8. The molecule has 8 heteroatoms. The summed E-state index contributed by atoms with van der Waals surface area (Å²) < 4.78 is 34.3. The summed E-state index contributed by atoms with van der Waals surface area (Å²) in [5.74, 6) is 0.0527. The van der Waals surface area contributed by atoms with Crippen LogP contribution < -0.4 is 14.8 Å². The fourth-order valence-corrected chi connectivity index (χ4v) is 2.55. The summed E-state index contributed by atoms with van der Waals surface area (Å²) in [7, 11) is 1.52. The molecule has 1 amide bonds. The van der Waals surface area contributed by atoms with Crippen LogP contribution in [0.3, 0.4) is 0 Å². The SMILES string of the molecule is COc1ccc(C(=O)Nc2ccc(OC(F)F)c(Cl)c2)cc1Br. The number of hydrogen-bond acceptors (Lipinski definition) is 3. The Labute approximate surface area is 144 Å². The topological polar surface area (TPSA) is 47.6 Å². The molecule has 0 bridgehead atoms. The molecular formula is C15H11BrClF2NO3. The third kappa shape index (κ3) is 4.56. The molecule has 0 heterocycles. The molecule has 122 valence electrons.